The van der Waals surface area contributed by atoms with Crippen LogP contribution in [0.3, 0.4) is 0 Å². The molecule has 0 aromatic heterocycles. The van der Waals surface area contributed by atoms with E-state index in [0.29, 0.717) is 6.54 Å². The summed E-state index contributed by atoms with van der Waals surface area (Å²) in [6, 6.07) is 25.9. The van der Waals surface area contributed by atoms with E-state index in [1.807, 2.05) is 6.07 Å². The summed E-state index contributed by atoms with van der Waals surface area (Å²) >= 11 is 0. The highest BCUT2D eigenvalue weighted by Gasteiger charge is 2.31. The van der Waals surface area contributed by atoms with Gasteiger partial charge in [-0.2, -0.15) is 0 Å². The molecule has 3 nitrogen and oxygen atoms in total. The molecule has 4 rings (SSSR count). The molecule has 1 fully saturated rings. The van der Waals surface area contributed by atoms with Gasteiger partial charge in [0.2, 0.25) is 0 Å². The van der Waals surface area contributed by atoms with Crippen molar-refractivity contribution in [3.8, 4) is 11.1 Å². The van der Waals surface area contributed by atoms with Crippen LogP contribution in [0.15, 0.2) is 72.8 Å². The lowest BCUT2D eigenvalue weighted by Gasteiger charge is -2.38. The minimum Gasteiger partial charge on any atom is -0.481 e. The summed E-state index contributed by atoms with van der Waals surface area (Å²) in [6.07, 6.45) is 1.68. The van der Waals surface area contributed by atoms with Crippen LogP contribution in [0, 0.1) is 19.8 Å². The molecule has 0 radical (unpaired) electrons. The molecule has 30 heavy (non-hydrogen) atoms. The molecule has 1 aliphatic heterocycles. The highest BCUT2D eigenvalue weighted by molar-refractivity contribution is 5.70. The molecule has 3 aromatic carbocycles. The van der Waals surface area contributed by atoms with Crippen molar-refractivity contribution in [2.45, 2.75) is 32.7 Å². The van der Waals surface area contributed by atoms with E-state index in [4.69, 9.17) is 0 Å². The molecule has 2 unspecified atom stereocenters. The monoisotopic (exact) mass is 399 g/mol. The van der Waals surface area contributed by atoms with Gasteiger partial charge in [0.05, 0.1) is 12.0 Å². The number of piperidine rings is 1. The standard InChI is InChI=1S/C27H29NO2/c1-19-15-20(2)17-25(16-19)26(28-14-6-9-24(18-28)27(29)30)23-12-10-22(11-13-23)21-7-4-3-5-8-21/h3-5,7-8,10-13,15-17,24,26H,6,9,14,18H2,1-2H3,(H,29,30). The number of aliphatic carboxylic acids is 1. The second-order valence-corrected chi connectivity index (χ2v) is 8.48. The Morgan fingerprint density at radius 2 is 1.53 bits per heavy atom. The average Bonchev–Trinajstić information content (AvgIpc) is 2.75. The van der Waals surface area contributed by atoms with Crippen LogP contribution in [-0.4, -0.2) is 29.1 Å². The van der Waals surface area contributed by atoms with Crippen molar-refractivity contribution >= 4 is 5.97 Å². The summed E-state index contributed by atoms with van der Waals surface area (Å²) < 4.78 is 0. The van der Waals surface area contributed by atoms with E-state index >= 15 is 0 Å². The minimum atomic E-state index is -0.682. The third kappa shape index (κ3) is 4.47. The Labute approximate surface area is 179 Å². The summed E-state index contributed by atoms with van der Waals surface area (Å²) in [5.41, 5.74) is 7.33. The number of hydrogen-bond donors (Lipinski definition) is 1. The van der Waals surface area contributed by atoms with Gasteiger partial charge in [-0.25, -0.2) is 0 Å². The number of carboxylic acid groups (broad SMARTS) is 1. The van der Waals surface area contributed by atoms with Crippen LogP contribution in [0.5, 0.6) is 0 Å². The quantitative estimate of drug-likeness (QED) is 0.584. The fourth-order valence-corrected chi connectivity index (χ4v) is 4.71. The van der Waals surface area contributed by atoms with Crippen LogP contribution in [0.2, 0.25) is 0 Å². The molecule has 3 aromatic rings. The van der Waals surface area contributed by atoms with Gasteiger partial charge in [0.25, 0.3) is 0 Å². The first kappa shape index (κ1) is 20.4. The molecule has 0 amide bonds. The molecule has 1 N–H and O–H groups in total. The van der Waals surface area contributed by atoms with Gasteiger partial charge in [-0.1, -0.05) is 83.9 Å². The van der Waals surface area contributed by atoms with Gasteiger partial charge in [-0.15, -0.1) is 0 Å². The number of aryl methyl sites for hydroxylation is 2. The molecule has 1 heterocycles. The summed E-state index contributed by atoms with van der Waals surface area (Å²) in [5, 5.41) is 9.60. The Kier molecular flexibility index (Phi) is 6.01. The molecule has 0 spiro atoms. The molecule has 154 valence electrons. The predicted octanol–water partition coefficient (Wildman–Crippen LogP) is 5.86. The van der Waals surface area contributed by atoms with Gasteiger partial charge in [-0.05, 0) is 55.5 Å². The van der Waals surface area contributed by atoms with E-state index in [2.05, 4.69) is 85.5 Å². The lowest BCUT2D eigenvalue weighted by Crippen LogP contribution is -2.41. The Balaban J connectivity index is 1.72. The first-order valence-corrected chi connectivity index (χ1v) is 10.7. The molecule has 1 aliphatic rings. The molecular formula is C27H29NO2. The van der Waals surface area contributed by atoms with E-state index in [0.717, 1.165) is 19.4 Å². The molecule has 0 saturated carbocycles. The average molecular weight is 400 g/mol. The number of carbonyl (C=O) groups is 1. The molecule has 2 atom stereocenters. The summed E-state index contributed by atoms with van der Waals surface area (Å²) in [6.45, 7) is 5.76. The topological polar surface area (TPSA) is 40.5 Å². The Morgan fingerprint density at radius 3 is 2.17 bits per heavy atom. The zero-order chi connectivity index (χ0) is 21.1. The lowest BCUT2D eigenvalue weighted by atomic mass is 9.89. The van der Waals surface area contributed by atoms with Gasteiger partial charge < -0.3 is 5.11 Å². The molecule has 0 aliphatic carbocycles. The smallest absolute Gasteiger partial charge is 0.307 e. The summed E-state index contributed by atoms with van der Waals surface area (Å²) in [4.78, 5) is 14.0. The molecule has 1 saturated heterocycles. The molecule has 3 heteroatoms. The van der Waals surface area contributed by atoms with Crippen molar-refractivity contribution in [2.24, 2.45) is 5.92 Å². The van der Waals surface area contributed by atoms with E-state index < -0.39 is 5.97 Å². The number of hydrogen-bond acceptors (Lipinski definition) is 2. The largest absolute Gasteiger partial charge is 0.481 e. The van der Waals surface area contributed by atoms with Crippen molar-refractivity contribution in [3.05, 3.63) is 95.1 Å². The van der Waals surface area contributed by atoms with Crippen LogP contribution in [0.1, 0.15) is 41.1 Å². The van der Waals surface area contributed by atoms with E-state index in [9.17, 15) is 9.90 Å². The van der Waals surface area contributed by atoms with Crippen LogP contribution < -0.4 is 0 Å². The van der Waals surface area contributed by atoms with Crippen LogP contribution in [0.4, 0.5) is 0 Å². The van der Waals surface area contributed by atoms with Crippen LogP contribution in [0.25, 0.3) is 11.1 Å². The van der Waals surface area contributed by atoms with Gasteiger partial charge in [0.15, 0.2) is 0 Å². The van der Waals surface area contributed by atoms with Crippen molar-refractivity contribution in [1.29, 1.82) is 0 Å². The third-order valence-electron chi connectivity index (χ3n) is 6.06. The number of carboxylic acids is 1. The number of rotatable bonds is 5. The van der Waals surface area contributed by atoms with Gasteiger partial charge >= 0.3 is 5.97 Å². The Morgan fingerprint density at radius 1 is 0.900 bits per heavy atom. The summed E-state index contributed by atoms with van der Waals surface area (Å²) in [5.74, 6) is -0.978. The van der Waals surface area contributed by atoms with E-state index in [1.165, 1.54) is 33.4 Å². The molecule has 0 bridgehead atoms. The van der Waals surface area contributed by atoms with Gasteiger partial charge in [0, 0.05) is 6.54 Å². The highest BCUT2D eigenvalue weighted by Crippen LogP contribution is 2.34. The maximum atomic E-state index is 11.7. The first-order valence-electron chi connectivity index (χ1n) is 10.7. The second-order valence-electron chi connectivity index (χ2n) is 8.48. The maximum absolute atomic E-state index is 11.7. The van der Waals surface area contributed by atoms with E-state index in [-0.39, 0.29) is 12.0 Å². The first-order chi connectivity index (χ1) is 14.5. The van der Waals surface area contributed by atoms with Crippen LogP contribution in [-0.2, 0) is 4.79 Å². The fourth-order valence-electron chi connectivity index (χ4n) is 4.71. The third-order valence-corrected chi connectivity index (χ3v) is 6.06. The molecular weight excluding hydrogens is 370 g/mol. The van der Waals surface area contributed by atoms with Crippen molar-refractivity contribution in [3.63, 3.8) is 0 Å². The Hall–Kier alpha value is -2.91. The van der Waals surface area contributed by atoms with Crippen molar-refractivity contribution in [2.75, 3.05) is 13.1 Å². The lowest BCUT2D eigenvalue weighted by molar-refractivity contribution is -0.143. The number of benzene rings is 3. The number of nitrogens with zero attached hydrogens (tertiary/aromatic N) is 1. The zero-order valence-electron chi connectivity index (χ0n) is 17.7. The summed E-state index contributed by atoms with van der Waals surface area (Å²) in [7, 11) is 0. The second kappa shape index (κ2) is 8.85. The fraction of sp³-hybridized carbons (Fsp3) is 0.296. The van der Waals surface area contributed by atoms with Crippen LogP contribution >= 0.6 is 0 Å². The minimum absolute atomic E-state index is 0.0653. The SMILES string of the molecule is Cc1cc(C)cc(C(c2ccc(-c3ccccc3)cc2)N2CCCC(C(=O)O)C2)c1. The van der Waals surface area contributed by atoms with Gasteiger partial charge in [0.1, 0.15) is 0 Å². The normalized spacial score (nSPS) is 18.1. The highest BCUT2D eigenvalue weighted by atomic mass is 16.4. The zero-order valence-corrected chi connectivity index (χ0v) is 17.7. The van der Waals surface area contributed by atoms with Crippen molar-refractivity contribution in [1.82, 2.24) is 4.90 Å². The van der Waals surface area contributed by atoms with Gasteiger partial charge in [-0.3, -0.25) is 9.69 Å². The van der Waals surface area contributed by atoms with E-state index in [1.54, 1.807) is 0 Å². The number of likely N-dealkylation sites (tertiary alicyclic amines) is 1. The Bertz CT molecular complexity index is 991. The predicted molar refractivity (Wildman–Crippen MR) is 122 cm³/mol. The maximum Gasteiger partial charge on any atom is 0.307 e. The van der Waals surface area contributed by atoms with Crippen molar-refractivity contribution < 1.29 is 9.90 Å².